The SMILES string of the molecule is CCNC(=NCCCC(C)(C)C)N1CCC(OCC2CCCO2)CC1. The zero-order valence-corrected chi connectivity index (χ0v) is 16.9. The topological polar surface area (TPSA) is 46.1 Å². The summed E-state index contributed by atoms with van der Waals surface area (Å²) in [5.74, 6) is 1.08. The lowest BCUT2D eigenvalue weighted by Gasteiger charge is -2.34. The first-order valence-corrected chi connectivity index (χ1v) is 10.2. The van der Waals surface area contributed by atoms with Crippen molar-refractivity contribution in [2.75, 3.05) is 39.4 Å². The normalized spacial score (nSPS) is 23.3. The van der Waals surface area contributed by atoms with E-state index in [-0.39, 0.29) is 0 Å². The summed E-state index contributed by atoms with van der Waals surface area (Å²) in [4.78, 5) is 7.24. The smallest absolute Gasteiger partial charge is 0.193 e. The van der Waals surface area contributed by atoms with Crippen LogP contribution >= 0.6 is 0 Å². The molecule has 0 bridgehead atoms. The molecule has 0 aromatic rings. The average molecular weight is 354 g/mol. The second-order valence-corrected chi connectivity index (χ2v) is 8.55. The Bertz CT molecular complexity index is 392. The lowest BCUT2D eigenvalue weighted by molar-refractivity contribution is -0.0367. The first-order valence-electron chi connectivity index (χ1n) is 10.2. The highest BCUT2D eigenvalue weighted by molar-refractivity contribution is 5.80. The molecule has 1 unspecified atom stereocenters. The molecular formula is C20H39N3O2. The van der Waals surface area contributed by atoms with E-state index in [1.54, 1.807) is 0 Å². The van der Waals surface area contributed by atoms with Crippen LogP contribution in [0.25, 0.3) is 0 Å². The van der Waals surface area contributed by atoms with Gasteiger partial charge in [0.25, 0.3) is 0 Å². The maximum atomic E-state index is 6.08. The number of piperidine rings is 1. The van der Waals surface area contributed by atoms with Crippen molar-refractivity contribution in [2.24, 2.45) is 10.4 Å². The van der Waals surface area contributed by atoms with Crippen LogP contribution in [0, 0.1) is 5.41 Å². The molecule has 0 spiro atoms. The van der Waals surface area contributed by atoms with E-state index in [1.807, 2.05) is 0 Å². The predicted molar refractivity (Wildman–Crippen MR) is 104 cm³/mol. The van der Waals surface area contributed by atoms with E-state index in [0.717, 1.165) is 71.0 Å². The zero-order chi connectivity index (χ0) is 18.1. The quantitative estimate of drug-likeness (QED) is 0.433. The number of rotatable bonds is 7. The molecular weight excluding hydrogens is 314 g/mol. The minimum atomic E-state index is 0.333. The zero-order valence-electron chi connectivity index (χ0n) is 16.9. The van der Waals surface area contributed by atoms with Crippen molar-refractivity contribution in [1.29, 1.82) is 0 Å². The minimum Gasteiger partial charge on any atom is -0.376 e. The van der Waals surface area contributed by atoms with E-state index in [0.29, 0.717) is 17.6 Å². The highest BCUT2D eigenvalue weighted by Crippen LogP contribution is 2.21. The van der Waals surface area contributed by atoms with E-state index < -0.39 is 0 Å². The van der Waals surface area contributed by atoms with Gasteiger partial charge in [0.1, 0.15) is 0 Å². The van der Waals surface area contributed by atoms with Gasteiger partial charge in [0.2, 0.25) is 0 Å². The highest BCUT2D eigenvalue weighted by atomic mass is 16.5. The summed E-state index contributed by atoms with van der Waals surface area (Å²) in [6.07, 6.45) is 7.59. The molecule has 2 fully saturated rings. The molecule has 5 nitrogen and oxygen atoms in total. The largest absolute Gasteiger partial charge is 0.376 e. The summed E-state index contributed by atoms with van der Waals surface area (Å²) in [6.45, 7) is 14.6. The lowest BCUT2D eigenvalue weighted by atomic mass is 9.91. The van der Waals surface area contributed by atoms with Gasteiger partial charge in [-0.25, -0.2) is 0 Å². The minimum absolute atomic E-state index is 0.333. The summed E-state index contributed by atoms with van der Waals surface area (Å²) >= 11 is 0. The van der Waals surface area contributed by atoms with E-state index in [2.05, 4.69) is 37.9 Å². The summed E-state index contributed by atoms with van der Waals surface area (Å²) in [6, 6.07) is 0. The van der Waals surface area contributed by atoms with Crippen molar-refractivity contribution in [3.8, 4) is 0 Å². The molecule has 1 N–H and O–H groups in total. The number of aliphatic imine (C=N–C) groups is 1. The molecule has 2 aliphatic rings. The van der Waals surface area contributed by atoms with Crippen LogP contribution in [0.2, 0.25) is 0 Å². The standard InChI is InChI=1S/C20H39N3O2/c1-5-21-19(22-12-7-11-20(2,3)4)23-13-9-17(10-14-23)25-16-18-8-6-15-24-18/h17-18H,5-16H2,1-4H3,(H,21,22). The van der Waals surface area contributed by atoms with Gasteiger partial charge >= 0.3 is 0 Å². The maximum Gasteiger partial charge on any atom is 0.193 e. The Labute approximate surface area is 154 Å². The Kier molecular flexibility index (Phi) is 8.50. The molecule has 0 aliphatic carbocycles. The molecule has 2 rings (SSSR count). The van der Waals surface area contributed by atoms with Gasteiger partial charge in [-0.15, -0.1) is 0 Å². The molecule has 0 aromatic carbocycles. The predicted octanol–water partition coefficient (Wildman–Crippen LogP) is 3.44. The van der Waals surface area contributed by atoms with Crippen molar-refractivity contribution < 1.29 is 9.47 Å². The van der Waals surface area contributed by atoms with Crippen LogP contribution in [0.5, 0.6) is 0 Å². The van der Waals surface area contributed by atoms with Crippen molar-refractivity contribution in [3.05, 3.63) is 0 Å². The number of guanidine groups is 1. The Morgan fingerprint density at radius 2 is 2.00 bits per heavy atom. The summed E-state index contributed by atoms with van der Waals surface area (Å²) < 4.78 is 11.7. The monoisotopic (exact) mass is 353 g/mol. The maximum absolute atomic E-state index is 6.08. The second kappa shape index (κ2) is 10.4. The Balaban J connectivity index is 1.70. The number of nitrogens with zero attached hydrogens (tertiary/aromatic N) is 2. The third-order valence-electron chi connectivity index (χ3n) is 4.96. The van der Waals surface area contributed by atoms with Gasteiger partial charge in [0, 0.05) is 32.8 Å². The molecule has 0 amide bonds. The Hall–Kier alpha value is -0.810. The van der Waals surface area contributed by atoms with Crippen LogP contribution in [-0.2, 0) is 9.47 Å². The van der Waals surface area contributed by atoms with Crippen LogP contribution in [0.1, 0.15) is 66.2 Å². The molecule has 25 heavy (non-hydrogen) atoms. The fourth-order valence-corrected chi connectivity index (χ4v) is 3.47. The van der Waals surface area contributed by atoms with Crippen LogP contribution in [0.3, 0.4) is 0 Å². The summed E-state index contributed by atoms with van der Waals surface area (Å²) in [5, 5.41) is 3.46. The van der Waals surface area contributed by atoms with Crippen molar-refractivity contribution in [3.63, 3.8) is 0 Å². The van der Waals surface area contributed by atoms with Crippen molar-refractivity contribution in [1.82, 2.24) is 10.2 Å². The highest BCUT2D eigenvalue weighted by Gasteiger charge is 2.24. The fraction of sp³-hybridized carbons (Fsp3) is 0.950. The summed E-state index contributed by atoms with van der Waals surface area (Å²) in [5.41, 5.74) is 0.395. The molecule has 2 saturated heterocycles. The first kappa shape index (κ1) is 20.5. The van der Waals surface area contributed by atoms with E-state index >= 15 is 0 Å². The molecule has 1 atom stereocenters. The third-order valence-corrected chi connectivity index (χ3v) is 4.96. The Morgan fingerprint density at radius 3 is 2.60 bits per heavy atom. The van der Waals surface area contributed by atoms with Gasteiger partial charge in [-0.1, -0.05) is 20.8 Å². The third kappa shape index (κ3) is 7.95. The number of ether oxygens (including phenoxy) is 2. The molecule has 2 heterocycles. The van der Waals surface area contributed by atoms with Crippen LogP contribution in [0.4, 0.5) is 0 Å². The van der Waals surface area contributed by atoms with Gasteiger partial charge < -0.3 is 19.7 Å². The molecule has 146 valence electrons. The first-order chi connectivity index (χ1) is 12.0. The number of likely N-dealkylation sites (tertiary alicyclic amines) is 1. The van der Waals surface area contributed by atoms with E-state index in [1.165, 1.54) is 12.8 Å². The number of nitrogens with one attached hydrogen (secondary N) is 1. The Morgan fingerprint density at radius 1 is 1.24 bits per heavy atom. The van der Waals surface area contributed by atoms with Gasteiger partial charge in [-0.2, -0.15) is 0 Å². The molecule has 2 aliphatic heterocycles. The molecule has 5 heteroatoms. The second-order valence-electron chi connectivity index (χ2n) is 8.55. The van der Waals surface area contributed by atoms with Gasteiger partial charge in [0.15, 0.2) is 5.96 Å². The van der Waals surface area contributed by atoms with Crippen LogP contribution in [-0.4, -0.2) is 62.5 Å². The van der Waals surface area contributed by atoms with E-state index in [4.69, 9.17) is 14.5 Å². The van der Waals surface area contributed by atoms with Gasteiger partial charge in [0.05, 0.1) is 18.8 Å². The molecule has 0 radical (unpaired) electrons. The number of hydrogen-bond acceptors (Lipinski definition) is 3. The molecule has 0 aromatic heterocycles. The van der Waals surface area contributed by atoms with Crippen molar-refractivity contribution in [2.45, 2.75) is 78.4 Å². The van der Waals surface area contributed by atoms with Gasteiger partial charge in [-0.05, 0) is 50.9 Å². The average Bonchev–Trinajstić information content (AvgIpc) is 3.09. The van der Waals surface area contributed by atoms with E-state index in [9.17, 15) is 0 Å². The van der Waals surface area contributed by atoms with Crippen LogP contribution in [0.15, 0.2) is 4.99 Å². The van der Waals surface area contributed by atoms with Crippen LogP contribution < -0.4 is 5.32 Å². The molecule has 0 saturated carbocycles. The van der Waals surface area contributed by atoms with Crippen molar-refractivity contribution >= 4 is 5.96 Å². The summed E-state index contributed by atoms with van der Waals surface area (Å²) in [7, 11) is 0. The fourth-order valence-electron chi connectivity index (χ4n) is 3.47. The van der Waals surface area contributed by atoms with Gasteiger partial charge in [-0.3, -0.25) is 4.99 Å². The lowest BCUT2D eigenvalue weighted by Crippen LogP contribution is -2.47. The number of hydrogen-bond donors (Lipinski definition) is 1.